The fraction of sp³-hybridized carbons (Fsp3) is 0.929. The van der Waals surface area contributed by atoms with Gasteiger partial charge in [-0.3, -0.25) is 9.69 Å². The summed E-state index contributed by atoms with van der Waals surface area (Å²) in [5.41, 5.74) is -0.178. The Morgan fingerprint density at radius 2 is 2.11 bits per heavy atom. The molecule has 0 aromatic carbocycles. The van der Waals surface area contributed by atoms with Crippen LogP contribution in [0.25, 0.3) is 0 Å². The van der Waals surface area contributed by atoms with Crippen LogP contribution in [-0.4, -0.2) is 48.7 Å². The van der Waals surface area contributed by atoms with Gasteiger partial charge in [0.05, 0.1) is 7.11 Å². The van der Waals surface area contributed by atoms with E-state index in [-0.39, 0.29) is 11.5 Å². The Balaban J connectivity index is 2.09. The van der Waals surface area contributed by atoms with E-state index in [1.807, 2.05) is 7.05 Å². The number of hydrogen-bond acceptors (Lipinski definition) is 4. The van der Waals surface area contributed by atoms with Gasteiger partial charge >= 0.3 is 5.97 Å². The van der Waals surface area contributed by atoms with Crippen molar-refractivity contribution in [3.05, 3.63) is 0 Å². The molecule has 1 aliphatic heterocycles. The average Bonchev–Trinajstić information content (AvgIpc) is 2.91. The standard InChI is InChI=1S/C14H26N2O2/c1-13(2)7-5-9-16(13)11-6-8-14(10-11,15-3)12(17)18-4/h11,15H,5-10H2,1-4H3. The normalized spacial score (nSPS) is 35.9. The van der Waals surface area contributed by atoms with Crippen LogP contribution in [0.4, 0.5) is 0 Å². The van der Waals surface area contributed by atoms with Gasteiger partial charge in [0, 0.05) is 11.6 Å². The summed E-state index contributed by atoms with van der Waals surface area (Å²) in [6.45, 7) is 5.80. The van der Waals surface area contributed by atoms with Crippen molar-refractivity contribution in [3.63, 3.8) is 0 Å². The van der Waals surface area contributed by atoms with E-state index in [9.17, 15) is 4.79 Å². The number of hydrogen-bond donors (Lipinski definition) is 1. The van der Waals surface area contributed by atoms with Gasteiger partial charge < -0.3 is 10.1 Å². The maximum atomic E-state index is 12.0. The smallest absolute Gasteiger partial charge is 0.326 e. The van der Waals surface area contributed by atoms with Gasteiger partial charge in [0.1, 0.15) is 5.54 Å². The van der Waals surface area contributed by atoms with E-state index in [0.29, 0.717) is 6.04 Å². The molecule has 4 nitrogen and oxygen atoms in total. The molecule has 1 saturated heterocycles. The number of likely N-dealkylation sites (tertiary alicyclic amines) is 1. The Hall–Kier alpha value is -0.610. The summed E-state index contributed by atoms with van der Waals surface area (Å²) >= 11 is 0. The van der Waals surface area contributed by atoms with Crippen molar-refractivity contribution >= 4 is 5.97 Å². The number of nitrogens with one attached hydrogen (secondary N) is 1. The minimum atomic E-state index is -0.460. The van der Waals surface area contributed by atoms with Gasteiger partial charge in [0.25, 0.3) is 0 Å². The highest BCUT2D eigenvalue weighted by Gasteiger charge is 2.49. The lowest BCUT2D eigenvalue weighted by molar-refractivity contribution is -0.148. The Labute approximate surface area is 110 Å². The van der Waals surface area contributed by atoms with Crippen LogP contribution in [-0.2, 0) is 9.53 Å². The summed E-state index contributed by atoms with van der Waals surface area (Å²) in [6.07, 6.45) is 5.37. The molecule has 0 spiro atoms. The van der Waals surface area contributed by atoms with Crippen molar-refractivity contribution in [3.8, 4) is 0 Å². The van der Waals surface area contributed by atoms with Crippen LogP contribution in [0.5, 0.6) is 0 Å². The molecule has 104 valence electrons. The Kier molecular flexibility index (Phi) is 3.70. The van der Waals surface area contributed by atoms with Gasteiger partial charge in [-0.1, -0.05) is 0 Å². The lowest BCUT2D eigenvalue weighted by atomic mass is 9.96. The van der Waals surface area contributed by atoms with Crippen LogP contribution >= 0.6 is 0 Å². The van der Waals surface area contributed by atoms with E-state index in [0.717, 1.165) is 19.3 Å². The molecule has 18 heavy (non-hydrogen) atoms. The number of carbonyl (C=O) groups excluding carboxylic acids is 1. The molecule has 0 amide bonds. The molecule has 0 radical (unpaired) electrons. The van der Waals surface area contributed by atoms with Gasteiger partial charge in [-0.25, -0.2) is 0 Å². The average molecular weight is 254 g/mol. The first-order chi connectivity index (χ1) is 8.45. The van der Waals surface area contributed by atoms with E-state index >= 15 is 0 Å². The number of nitrogens with zero attached hydrogens (tertiary/aromatic N) is 1. The predicted octanol–water partition coefficient (Wildman–Crippen LogP) is 1.54. The molecular weight excluding hydrogens is 228 g/mol. The van der Waals surface area contributed by atoms with Gasteiger partial charge in [-0.05, 0) is 59.5 Å². The van der Waals surface area contributed by atoms with Crippen LogP contribution in [0, 0.1) is 0 Å². The molecule has 2 aliphatic rings. The van der Waals surface area contributed by atoms with Crippen molar-refractivity contribution in [2.75, 3.05) is 20.7 Å². The second-order valence-corrected chi connectivity index (χ2v) is 6.33. The van der Waals surface area contributed by atoms with Gasteiger partial charge in [0.2, 0.25) is 0 Å². The lowest BCUT2D eigenvalue weighted by Crippen LogP contribution is -2.51. The summed E-state index contributed by atoms with van der Waals surface area (Å²) < 4.78 is 4.97. The summed E-state index contributed by atoms with van der Waals surface area (Å²) in [7, 11) is 3.35. The van der Waals surface area contributed by atoms with Gasteiger partial charge in [0.15, 0.2) is 0 Å². The third-order valence-corrected chi connectivity index (χ3v) is 4.95. The Morgan fingerprint density at radius 3 is 2.61 bits per heavy atom. The highest BCUT2D eigenvalue weighted by Crippen LogP contribution is 2.40. The first-order valence-corrected chi connectivity index (χ1v) is 6.99. The fourth-order valence-corrected chi connectivity index (χ4v) is 3.80. The first kappa shape index (κ1) is 13.8. The third kappa shape index (κ3) is 2.16. The van der Waals surface area contributed by atoms with Crippen molar-refractivity contribution in [2.24, 2.45) is 0 Å². The minimum absolute atomic E-state index is 0.107. The summed E-state index contributed by atoms with van der Waals surface area (Å²) in [5, 5.41) is 3.21. The number of ether oxygens (including phenoxy) is 1. The van der Waals surface area contributed by atoms with E-state index in [2.05, 4.69) is 24.1 Å². The molecule has 2 fully saturated rings. The molecule has 1 N–H and O–H groups in total. The molecule has 1 saturated carbocycles. The molecule has 0 aromatic rings. The van der Waals surface area contributed by atoms with Crippen molar-refractivity contribution < 1.29 is 9.53 Å². The van der Waals surface area contributed by atoms with Crippen LogP contribution in [0.1, 0.15) is 46.0 Å². The monoisotopic (exact) mass is 254 g/mol. The number of likely N-dealkylation sites (N-methyl/N-ethyl adjacent to an activating group) is 1. The molecular formula is C14H26N2O2. The highest BCUT2D eigenvalue weighted by atomic mass is 16.5. The number of rotatable bonds is 3. The lowest BCUT2D eigenvalue weighted by Gasteiger charge is -2.37. The van der Waals surface area contributed by atoms with Crippen LogP contribution < -0.4 is 5.32 Å². The summed E-state index contributed by atoms with van der Waals surface area (Å²) in [5.74, 6) is -0.107. The maximum Gasteiger partial charge on any atom is 0.326 e. The van der Waals surface area contributed by atoms with E-state index < -0.39 is 5.54 Å². The fourth-order valence-electron chi connectivity index (χ4n) is 3.80. The van der Waals surface area contributed by atoms with Crippen LogP contribution in [0.3, 0.4) is 0 Å². The van der Waals surface area contributed by atoms with Crippen LogP contribution in [0.15, 0.2) is 0 Å². The quantitative estimate of drug-likeness (QED) is 0.776. The Bertz CT molecular complexity index is 330. The second-order valence-electron chi connectivity index (χ2n) is 6.33. The summed E-state index contributed by atoms with van der Waals surface area (Å²) in [6, 6.07) is 0.508. The van der Waals surface area contributed by atoms with Gasteiger partial charge in [-0.2, -0.15) is 0 Å². The third-order valence-electron chi connectivity index (χ3n) is 4.95. The van der Waals surface area contributed by atoms with Crippen LogP contribution in [0.2, 0.25) is 0 Å². The molecule has 2 unspecified atom stereocenters. The van der Waals surface area contributed by atoms with Crippen molar-refractivity contribution in [1.82, 2.24) is 10.2 Å². The molecule has 1 aliphatic carbocycles. The van der Waals surface area contributed by atoms with E-state index in [4.69, 9.17) is 4.74 Å². The summed E-state index contributed by atoms with van der Waals surface area (Å²) in [4.78, 5) is 14.6. The van der Waals surface area contributed by atoms with Gasteiger partial charge in [-0.15, -0.1) is 0 Å². The zero-order valence-corrected chi connectivity index (χ0v) is 12.1. The predicted molar refractivity (Wildman–Crippen MR) is 71.5 cm³/mol. The second kappa shape index (κ2) is 4.82. The Morgan fingerprint density at radius 1 is 1.39 bits per heavy atom. The molecule has 4 heteroatoms. The zero-order valence-electron chi connectivity index (χ0n) is 12.1. The number of esters is 1. The molecule has 0 bridgehead atoms. The molecule has 1 heterocycles. The molecule has 2 atom stereocenters. The molecule has 0 aromatic heterocycles. The minimum Gasteiger partial charge on any atom is -0.468 e. The molecule has 2 rings (SSSR count). The van der Waals surface area contributed by atoms with Crippen molar-refractivity contribution in [1.29, 1.82) is 0 Å². The zero-order chi connectivity index (χ0) is 13.4. The maximum absolute atomic E-state index is 12.0. The first-order valence-electron chi connectivity index (χ1n) is 6.99. The SMILES string of the molecule is CNC1(C(=O)OC)CCC(N2CCCC2(C)C)C1. The largest absolute Gasteiger partial charge is 0.468 e. The van der Waals surface area contributed by atoms with E-state index in [1.165, 1.54) is 26.5 Å². The highest BCUT2D eigenvalue weighted by molar-refractivity contribution is 5.81. The number of carbonyl (C=O) groups is 1. The van der Waals surface area contributed by atoms with Crippen molar-refractivity contribution in [2.45, 2.75) is 63.1 Å². The van der Waals surface area contributed by atoms with E-state index in [1.54, 1.807) is 0 Å². The number of methoxy groups -OCH3 is 1. The topological polar surface area (TPSA) is 41.6 Å².